The lowest BCUT2D eigenvalue weighted by atomic mass is 9.71. The summed E-state index contributed by atoms with van der Waals surface area (Å²) in [4.78, 5) is 10.7. The number of nitro benzene ring substituents is 1. The van der Waals surface area contributed by atoms with Crippen molar-refractivity contribution in [3.8, 4) is 17.0 Å². The number of aromatic amines is 1. The second-order valence-corrected chi connectivity index (χ2v) is 7.96. The molecule has 0 saturated heterocycles. The Balaban J connectivity index is 1.55. The van der Waals surface area contributed by atoms with Gasteiger partial charge in [-0.05, 0) is 53.6 Å². The van der Waals surface area contributed by atoms with Crippen molar-refractivity contribution in [1.82, 2.24) is 10.2 Å². The molecule has 2 N–H and O–H groups in total. The largest absolute Gasteiger partial charge is 0.507 e. The van der Waals surface area contributed by atoms with E-state index in [1.54, 1.807) is 24.3 Å². The fourth-order valence-corrected chi connectivity index (χ4v) is 4.59. The van der Waals surface area contributed by atoms with Crippen LogP contribution in [0.1, 0.15) is 34.2 Å². The van der Waals surface area contributed by atoms with Crippen molar-refractivity contribution in [2.75, 3.05) is 0 Å². The smallest absolute Gasteiger partial charge is 0.269 e. The Kier molecular flexibility index (Phi) is 4.75. The first-order chi connectivity index (χ1) is 15.1. The van der Waals surface area contributed by atoms with Gasteiger partial charge in [0.15, 0.2) is 0 Å². The van der Waals surface area contributed by atoms with Crippen molar-refractivity contribution < 1.29 is 10.0 Å². The van der Waals surface area contributed by atoms with Crippen molar-refractivity contribution in [1.29, 1.82) is 0 Å². The van der Waals surface area contributed by atoms with Gasteiger partial charge in [0.1, 0.15) is 5.75 Å². The average Bonchev–Trinajstić information content (AvgIpc) is 3.28. The molecule has 0 saturated carbocycles. The minimum atomic E-state index is -0.370. The number of hydrogen-bond acceptors (Lipinski definition) is 4. The number of non-ortho nitro benzene ring substituents is 1. The first-order valence-electron chi connectivity index (χ1n) is 10.2. The van der Waals surface area contributed by atoms with E-state index in [9.17, 15) is 15.2 Å². The van der Waals surface area contributed by atoms with Gasteiger partial charge in [-0.3, -0.25) is 15.2 Å². The van der Waals surface area contributed by atoms with Crippen LogP contribution in [-0.4, -0.2) is 20.2 Å². The molecule has 0 aliphatic heterocycles. The molecule has 1 heterocycles. The second-order valence-electron chi connectivity index (χ2n) is 7.96. The monoisotopic (exact) mass is 411 g/mol. The maximum Gasteiger partial charge on any atom is 0.269 e. The molecule has 5 rings (SSSR count). The zero-order valence-corrected chi connectivity index (χ0v) is 16.7. The maximum absolute atomic E-state index is 11.1. The molecule has 1 aromatic heterocycles. The Morgan fingerprint density at radius 2 is 1.55 bits per heavy atom. The molecule has 2 unspecified atom stereocenters. The lowest BCUT2D eigenvalue weighted by Gasteiger charge is -2.33. The highest BCUT2D eigenvalue weighted by Crippen LogP contribution is 2.43. The number of fused-ring (bicyclic) bond motifs is 1. The first kappa shape index (κ1) is 19.1. The van der Waals surface area contributed by atoms with Gasteiger partial charge in [-0.1, -0.05) is 48.5 Å². The topological polar surface area (TPSA) is 92.1 Å². The molecule has 0 amide bonds. The van der Waals surface area contributed by atoms with E-state index in [4.69, 9.17) is 0 Å². The third kappa shape index (κ3) is 3.57. The third-order valence-electron chi connectivity index (χ3n) is 6.19. The summed E-state index contributed by atoms with van der Waals surface area (Å²) in [5.41, 5.74) is 6.18. The Bertz CT molecular complexity index is 1250. The van der Waals surface area contributed by atoms with Crippen LogP contribution in [-0.2, 0) is 12.8 Å². The Labute approximate surface area is 179 Å². The van der Waals surface area contributed by atoms with Crippen molar-refractivity contribution in [3.05, 3.63) is 111 Å². The molecule has 0 spiro atoms. The predicted molar refractivity (Wildman–Crippen MR) is 118 cm³/mol. The van der Waals surface area contributed by atoms with Gasteiger partial charge in [-0.25, -0.2) is 0 Å². The Morgan fingerprint density at radius 3 is 2.23 bits per heavy atom. The number of nitrogens with zero attached hydrogens (tertiary/aromatic N) is 2. The van der Waals surface area contributed by atoms with E-state index in [0.717, 1.165) is 24.1 Å². The molecule has 6 nitrogen and oxygen atoms in total. The lowest BCUT2D eigenvalue weighted by Crippen LogP contribution is -2.22. The number of phenolic OH excluding ortho intramolecular Hbond substituents is 1. The highest BCUT2D eigenvalue weighted by atomic mass is 16.6. The van der Waals surface area contributed by atoms with Gasteiger partial charge in [0.05, 0.1) is 10.6 Å². The molecular formula is C25H21N3O3. The predicted octanol–water partition coefficient (Wildman–Crippen LogP) is 5.36. The van der Waals surface area contributed by atoms with Crippen LogP contribution in [0.3, 0.4) is 0 Å². The summed E-state index contributed by atoms with van der Waals surface area (Å²) >= 11 is 0. The molecule has 0 fully saturated rings. The summed E-state index contributed by atoms with van der Waals surface area (Å²) in [6.07, 6.45) is 1.70. The van der Waals surface area contributed by atoms with E-state index < -0.39 is 0 Å². The fraction of sp³-hybridized carbons (Fsp3) is 0.160. The van der Waals surface area contributed by atoms with E-state index in [-0.39, 0.29) is 28.2 Å². The van der Waals surface area contributed by atoms with Crippen molar-refractivity contribution in [3.63, 3.8) is 0 Å². The number of benzene rings is 3. The summed E-state index contributed by atoms with van der Waals surface area (Å²) in [5.74, 6) is 0.498. The maximum atomic E-state index is 11.1. The van der Waals surface area contributed by atoms with Gasteiger partial charge in [-0.2, -0.15) is 5.10 Å². The fourth-order valence-electron chi connectivity index (χ4n) is 4.59. The van der Waals surface area contributed by atoms with E-state index in [1.807, 2.05) is 30.3 Å². The van der Waals surface area contributed by atoms with Gasteiger partial charge in [0, 0.05) is 29.3 Å². The van der Waals surface area contributed by atoms with Gasteiger partial charge in [0.25, 0.3) is 5.69 Å². The van der Waals surface area contributed by atoms with Gasteiger partial charge in [0.2, 0.25) is 0 Å². The molecular weight excluding hydrogens is 390 g/mol. The summed E-state index contributed by atoms with van der Waals surface area (Å²) in [5, 5.41) is 28.9. The van der Waals surface area contributed by atoms with Crippen LogP contribution in [0.15, 0.2) is 78.9 Å². The minimum absolute atomic E-state index is 0.0971. The molecule has 0 radical (unpaired) electrons. The van der Waals surface area contributed by atoms with Crippen LogP contribution in [0.5, 0.6) is 5.75 Å². The number of nitro groups is 1. The molecule has 0 bridgehead atoms. The summed E-state index contributed by atoms with van der Waals surface area (Å²) in [6.45, 7) is 0. The SMILES string of the molecule is O=[N+]([O-])c1ccc(C2Cc3ccccc3CC2c2cc(-c3ccccc3O)n[nH]2)cc1. The number of rotatable bonds is 4. The highest BCUT2D eigenvalue weighted by molar-refractivity contribution is 5.66. The number of aromatic hydroxyl groups is 1. The van der Waals surface area contributed by atoms with Crippen LogP contribution in [0, 0.1) is 10.1 Å². The van der Waals surface area contributed by atoms with Crippen molar-refractivity contribution >= 4 is 5.69 Å². The average molecular weight is 411 g/mol. The molecule has 1 aliphatic rings. The highest BCUT2D eigenvalue weighted by Gasteiger charge is 2.32. The number of para-hydroxylation sites is 1. The number of phenols is 1. The van der Waals surface area contributed by atoms with Crippen LogP contribution in [0.25, 0.3) is 11.3 Å². The summed E-state index contributed by atoms with van der Waals surface area (Å²) in [7, 11) is 0. The zero-order valence-electron chi connectivity index (χ0n) is 16.7. The quantitative estimate of drug-likeness (QED) is 0.349. The van der Waals surface area contributed by atoms with E-state index in [2.05, 4.69) is 34.5 Å². The summed E-state index contributed by atoms with van der Waals surface area (Å²) in [6, 6.07) is 24.5. The van der Waals surface area contributed by atoms with E-state index >= 15 is 0 Å². The van der Waals surface area contributed by atoms with Crippen LogP contribution >= 0.6 is 0 Å². The van der Waals surface area contributed by atoms with Gasteiger partial charge >= 0.3 is 0 Å². The number of hydrogen-bond donors (Lipinski definition) is 2. The Morgan fingerprint density at radius 1 is 0.903 bits per heavy atom. The minimum Gasteiger partial charge on any atom is -0.507 e. The first-order valence-corrected chi connectivity index (χ1v) is 10.2. The molecule has 3 aromatic carbocycles. The Hall–Kier alpha value is -3.93. The molecule has 154 valence electrons. The number of H-pyrrole nitrogens is 1. The van der Waals surface area contributed by atoms with Crippen LogP contribution < -0.4 is 0 Å². The second kappa shape index (κ2) is 7.72. The van der Waals surface area contributed by atoms with Crippen LogP contribution in [0.2, 0.25) is 0 Å². The van der Waals surface area contributed by atoms with E-state index in [0.29, 0.717) is 11.3 Å². The van der Waals surface area contributed by atoms with Gasteiger partial charge in [-0.15, -0.1) is 0 Å². The standard InChI is InChI=1S/C25H21N3O3/c29-25-8-4-3-7-20(25)23-15-24(27-26-23)22-14-18-6-2-1-5-17(18)13-21(22)16-9-11-19(12-10-16)28(30)31/h1-12,15,21-22,29H,13-14H2,(H,26,27). The number of aromatic nitrogens is 2. The summed E-state index contributed by atoms with van der Waals surface area (Å²) < 4.78 is 0. The molecule has 6 heteroatoms. The van der Waals surface area contributed by atoms with Crippen LogP contribution in [0.4, 0.5) is 5.69 Å². The lowest BCUT2D eigenvalue weighted by molar-refractivity contribution is -0.384. The zero-order chi connectivity index (χ0) is 21.4. The van der Waals surface area contributed by atoms with E-state index in [1.165, 1.54) is 11.1 Å². The molecule has 4 aromatic rings. The molecule has 2 atom stereocenters. The van der Waals surface area contributed by atoms with Crippen molar-refractivity contribution in [2.24, 2.45) is 0 Å². The third-order valence-corrected chi connectivity index (χ3v) is 6.19. The van der Waals surface area contributed by atoms with Crippen molar-refractivity contribution in [2.45, 2.75) is 24.7 Å². The van der Waals surface area contributed by atoms with Gasteiger partial charge < -0.3 is 5.11 Å². The normalized spacial score (nSPS) is 17.8. The molecule has 31 heavy (non-hydrogen) atoms. The molecule has 1 aliphatic carbocycles. The number of nitrogens with one attached hydrogen (secondary N) is 1.